The SMILES string of the molecule is CC(C)(C)OC(=O)N1CCCCC1CNC1CCc2cc(Cl)ccc21. The summed E-state index contributed by atoms with van der Waals surface area (Å²) >= 11 is 6.10. The Hall–Kier alpha value is -1.26. The first kappa shape index (κ1) is 18.5. The van der Waals surface area contributed by atoms with E-state index in [1.54, 1.807) is 0 Å². The van der Waals surface area contributed by atoms with E-state index in [2.05, 4.69) is 17.4 Å². The predicted molar refractivity (Wildman–Crippen MR) is 101 cm³/mol. The Labute approximate surface area is 155 Å². The fourth-order valence-electron chi connectivity index (χ4n) is 3.85. The second-order valence-corrected chi connectivity index (χ2v) is 8.60. The second-order valence-electron chi connectivity index (χ2n) is 8.17. The van der Waals surface area contributed by atoms with E-state index < -0.39 is 5.60 Å². The van der Waals surface area contributed by atoms with Crippen LogP contribution in [0.4, 0.5) is 4.79 Å². The number of benzene rings is 1. The van der Waals surface area contributed by atoms with Crippen LogP contribution in [-0.2, 0) is 11.2 Å². The van der Waals surface area contributed by atoms with Gasteiger partial charge in [0.15, 0.2) is 0 Å². The summed E-state index contributed by atoms with van der Waals surface area (Å²) in [6, 6.07) is 6.74. The monoisotopic (exact) mass is 364 g/mol. The molecule has 1 aliphatic heterocycles. The maximum absolute atomic E-state index is 12.5. The highest BCUT2D eigenvalue weighted by Crippen LogP contribution is 2.33. The fourth-order valence-corrected chi connectivity index (χ4v) is 4.04. The number of nitrogens with zero attached hydrogens (tertiary/aromatic N) is 1. The van der Waals surface area contributed by atoms with Crippen LogP contribution in [0, 0.1) is 0 Å². The van der Waals surface area contributed by atoms with E-state index in [-0.39, 0.29) is 12.1 Å². The van der Waals surface area contributed by atoms with Crippen LogP contribution in [0.25, 0.3) is 0 Å². The molecular weight excluding hydrogens is 336 g/mol. The minimum atomic E-state index is -0.448. The molecule has 2 atom stereocenters. The number of amides is 1. The quantitative estimate of drug-likeness (QED) is 0.844. The minimum Gasteiger partial charge on any atom is -0.444 e. The Balaban J connectivity index is 1.61. The van der Waals surface area contributed by atoms with E-state index in [1.165, 1.54) is 17.5 Å². The highest BCUT2D eigenvalue weighted by Gasteiger charge is 2.31. The van der Waals surface area contributed by atoms with Crippen molar-refractivity contribution >= 4 is 17.7 Å². The van der Waals surface area contributed by atoms with Crippen LogP contribution in [0.1, 0.15) is 63.6 Å². The van der Waals surface area contributed by atoms with Crippen molar-refractivity contribution in [1.82, 2.24) is 10.2 Å². The van der Waals surface area contributed by atoms with E-state index in [9.17, 15) is 4.79 Å². The van der Waals surface area contributed by atoms with Gasteiger partial charge in [0.05, 0.1) is 0 Å². The Morgan fingerprint density at radius 3 is 2.88 bits per heavy atom. The number of carbonyl (C=O) groups is 1. The van der Waals surface area contributed by atoms with Gasteiger partial charge >= 0.3 is 6.09 Å². The summed E-state index contributed by atoms with van der Waals surface area (Å²) in [7, 11) is 0. The van der Waals surface area contributed by atoms with Gasteiger partial charge in [0, 0.05) is 30.2 Å². The summed E-state index contributed by atoms with van der Waals surface area (Å²) in [5, 5.41) is 4.49. The van der Waals surface area contributed by atoms with Crippen molar-refractivity contribution in [2.45, 2.75) is 70.6 Å². The molecule has 2 aliphatic rings. The van der Waals surface area contributed by atoms with Crippen LogP contribution in [0.3, 0.4) is 0 Å². The van der Waals surface area contributed by atoms with E-state index in [0.717, 1.165) is 43.8 Å². The second kappa shape index (κ2) is 7.55. The van der Waals surface area contributed by atoms with Gasteiger partial charge in [-0.2, -0.15) is 0 Å². The molecule has 0 saturated carbocycles. The summed E-state index contributed by atoms with van der Waals surface area (Å²) in [6.07, 6.45) is 5.23. The highest BCUT2D eigenvalue weighted by molar-refractivity contribution is 6.30. The zero-order valence-corrected chi connectivity index (χ0v) is 16.2. The number of likely N-dealkylation sites (tertiary alicyclic amines) is 1. The lowest BCUT2D eigenvalue weighted by Gasteiger charge is -2.37. The van der Waals surface area contributed by atoms with Crippen LogP contribution >= 0.6 is 11.6 Å². The molecule has 1 N–H and O–H groups in total. The first-order chi connectivity index (χ1) is 11.8. The molecule has 1 heterocycles. The predicted octanol–water partition coefficient (Wildman–Crippen LogP) is 4.71. The van der Waals surface area contributed by atoms with Gasteiger partial charge < -0.3 is 15.0 Å². The molecule has 0 spiro atoms. The Morgan fingerprint density at radius 2 is 2.12 bits per heavy atom. The van der Waals surface area contributed by atoms with Crippen molar-refractivity contribution in [2.75, 3.05) is 13.1 Å². The molecule has 4 nitrogen and oxygen atoms in total. The van der Waals surface area contributed by atoms with Crippen molar-refractivity contribution in [2.24, 2.45) is 0 Å². The molecule has 138 valence electrons. The third-order valence-electron chi connectivity index (χ3n) is 5.04. The van der Waals surface area contributed by atoms with Gasteiger partial charge in [-0.15, -0.1) is 0 Å². The number of ether oxygens (including phenoxy) is 1. The molecule has 1 fully saturated rings. The molecule has 5 heteroatoms. The Morgan fingerprint density at radius 1 is 1.32 bits per heavy atom. The fraction of sp³-hybridized carbons (Fsp3) is 0.650. The molecule has 1 saturated heterocycles. The lowest BCUT2D eigenvalue weighted by atomic mass is 10.0. The third kappa shape index (κ3) is 4.68. The minimum absolute atomic E-state index is 0.183. The molecule has 3 rings (SSSR count). The van der Waals surface area contributed by atoms with Gasteiger partial charge in [0.25, 0.3) is 0 Å². The van der Waals surface area contributed by atoms with Crippen molar-refractivity contribution in [3.05, 3.63) is 34.3 Å². The number of nitrogens with one attached hydrogen (secondary N) is 1. The van der Waals surface area contributed by atoms with Crippen LogP contribution in [0.2, 0.25) is 5.02 Å². The topological polar surface area (TPSA) is 41.6 Å². The van der Waals surface area contributed by atoms with Gasteiger partial charge in [0.1, 0.15) is 5.60 Å². The number of halogens is 1. The molecule has 1 aromatic rings. The number of hydrogen-bond acceptors (Lipinski definition) is 3. The Kier molecular flexibility index (Phi) is 5.59. The van der Waals surface area contributed by atoms with Crippen LogP contribution < -0.4 is 5.32 Å². The molecule has 1 amide bonds. The lowest BCUT2D eigenvalue weighted by molar-refractivity contribution is 0.00966. The van der Waals surface area contributed by atoms with E-state index in [0.29, 0.717) is 6.04 Å². The van der Waals surface area contributed by atoms with Crippen LogP contribution in [-0.4, -0.2) is 35.7 Å². The smallest absolute Gasteiger partial charge is 0.410 e. The number of piperidine rings is 1. The van der Waals surface area contributed by atoms with Crippen molar-refractivity contribution in [3.63, 3.8) is 0 Å². The average Bonchev–Trinajstić information content (AvgIpc) is 2.93. The molecule has 1 aliphatic carbocycles. The molecule has 0 radical (unpaired) electrons. The molecule has 2 unspecified atom stereocenters. The summed E-state index contributed by atoms with van der Waals surface area (Å²) in [5.41, 5.74) is 2.25. The summed E-state index contributed by atoms with van der Waals surface area (Å²) in [6.45, 7) is 7.36. The first-order valence-corrected chi connectivity index (χ1v) is 9.72. The number of fused-ring (bicyclic) bond motifs is 1. The van der Waals surface area contributed by atoms with E-state index in [1.807, 2.05) is 31.7 Å². The number of rotatable bonds is 3. The largest absolute Gasteiger partial charge is 0.444 e. The maximum Gasteiger partial charge on any atom is 0.410 e. The van der Waals surface area contributed by atoms with Gasteiger partial charge in [0.2, 0.25) is 0 Å². The normalized spacial score (nSPS) is 23.4. The van der Waals surface area contributed by atoms with Crippen LogP contribution in [0.5, 0.6) is 0 Å². The van der Waals surface area contributed by atoms with E-state index in [4.69, 9.17) is 16.3 Å². The van der Waals surface area contributed by atoms with Crippen molar-refractivity contribution in [1.29, 1.82) is 0 Å². The lowest BCUT2D eigenvalue weighted by Crippen LogP contribution is -2.50. The standard InChI is InChI=1S/C20H29ClN2O2/c1-20(2,3)25-19(24)23-11-5-4-6-16(23)13-22-18-10-7-14-12-15(21)8-9-17(14)18/h8-9,12,16,18,22H,4-7,10-11,13H2,1-3H3. The summed E-state index contributed by atoms with van der Waals surface area (Å²) in [4.78, 5) is 14.4. The van der Waals surface area contributed by atoms with Crippen LogP contribution in [0.15, 0.2) is 18.2 Å². The van der Waals surface area contributed by atoms with E-state index >= 15 is 0 Å². The first-order valence-electron chi connectivity index (χ1n) is 9.35. The molecule has 0 aromatic heterocycles. The van der Waals surface area contributed by atoms with Gasteiger partial charge in [-0.3, -0.25) is 0 Å². The molecule has 0 bridgehead atoms. The average molecular weight is 365 g/mol. The zero-order valence-electron chi connectivity index (χ0n) is 15.5. The zero-order chi connectivity index (χ0) is 18.0. The summed E-state index contributed by atoms with van der Waals surface area (Å²) < 4.78 is 5.59. The molecular formula is C20H29ClN2O2. The number of aryl methyl sites for hydroxylation is 1. The van der Waals surface area contributed by atoms with Gasteiger partial charge in [-0.1, -0.05) is 17.7 Å². The van der Waals surface area contributed by atoms with Crippen molar-refractivity contribution in [3.8, 4) is 0 Å². The summed E-state index contributed by atoms with van der Waals surface area (Å²) in [5.74, 6) is 0. The number of carbonyl (C=O) groups excluding carboxylic acids is 1. The highest BCUT2D eigenvalue weighted by atomic mass is 35.5. The third-order valence-corrected chi connectivity index (χ3v) is 5.27. The van der Waals surface area contributed by atoms with Gasteiger partial charge in [-0.05, 0) is 76.1 Å². The maximum atomic E-state index is 12.5. The van der Waals surface area contributed by atoms with Crippen molar-refractivity contribution < 1.29 is 9.53 Å². The Bertz CT molecular complexity index is 627. The number of hydrogen-bond donors (Lipinski definition) is 1. The molecule has 25 heavy (non-hydrogen) atoms. The molecule has 1 aromatic carbocycles. The van der Waals surface area contributed by atoms with Gasteiger partial charge in [-0.25, -0.2) is 4.79 Å².